The van der Waals surface area contributed by atoms with Crippen LogP contribution in [0.2, 0.25) is 0 Å². The standard InChI is InChI=1S/C21H42NO2/c1-22(2)19-17-15-13-11-9-7-5-3-4-6-8-10-12-14-16-18-20-24-21-23/h3-20H2,1-2H3. The zero-order chi connectivity index (χ0) is 17.7. The van der Waals surface area contributed by atoms with Gasteiger partial charge in [-0.2, -0.15) is 0 Å². The normalized spacial score (nSPS) is 11.1. The number of rotatable bonds is 20. The van der Waals surface area contributed by atoms with Gasteiger partial charge in [0.1, 0.15) is 0 Å². The summed E-state index contributed by atoms with van der Waals surface area (Å²) < 4.78 is 4.56. The summed E-state index contributed by atoms with van der Waals surface area (Å²) in [5, 5.41) is 0. The van der Waals surface area contributed by atoms with Crippen LogP contribution < -0.4 is 0 Å². The summed E-state index contributed by atoms with van der Waals surface area (Å²) in [7, 11) is 4.32. The molecular formula is C21H42NO2. The Bertz CT molecular complexity index is 244. The minimum atomic E-state index is 0.541. The van der Waals surface area contributed by atoms with E-state index in [-0.39, 0.29) is 0 Å². The maximum atomic E-state index is 9.85. The minimum Gasteiger partial charge on any atom is -0.457 e. The third kappa shape index (κ3) is 21.4. The average molecular weight is 341 g/mol. The Labute approximate surface area is 151 Å². The fourth-order valence-corrected chi connectivity index (χ4v) is 3.12. The van der Waals surface area contributed by atoms with Crippen LogP contribution in [0.4, 0.5) is 0 Å². The van der Waals surface area contributed by atoms with E-state index >= 15 is 0 Å². The van der Waals surface area contributed by atoms with E-state index in [9.17, 15) is 4.79 Å². The molecule has 0 aliphatic rings. The third-order valence-electron chi connectivity index (χ3n) is 4.66. The predicted molar refractivity (Wildman–Crippen MR) is 104 cm³/mol. The molecule has 0 aromatic heterocycles. The van der Waals surface area contributed by atoms with Crippen LogP contribution >= 0.6 is 0 Å². The van der Waals surface area contributed by atoms with Gasteiger partial charge in [-0.25, -0.2) is 4.79 Å². The molecule has 0 atom stereocenters. The van der Waals surface area contributed by atoms with Gasteiger partial charge in [0.05, 0.1) is 6.61 Å². The highest BCUT2D eigenvalue weighted by Gasteiger charge is 1.95. The average Bonchev–Trinajstić information content (AvgIpc) is 2.56. The molecule has 0 saturated carbocycles. The number of unbranched alkanes of at least 4 members (excludes halogenated alkanes) is 15. The zero-order valence-electron chi connectivity index (χ0n) is 16.5. The molecule has 0 aromatic carbocycles. The molecule has 0 unspecified atom stereocenters. The fraction of sp³-hybridized carbons (Fsp3) is 0.952. The number of nitrogens with zero attached hydrogens (tertiary/aromatic N) is 1. The maximum absolute atomic E-state index is 9.85. The topological polar surface area (TPSA) is 29.5 Å². The summed E-state index contributed by atoms with van der Waals surface area (Å²) in [6.45, 7) is 3.26. The first-order valence-electron chi connectivity index (χ1n) is 10.4. The van der Waals surface area contributed by atoms with E-state index in [1.807, 2.05) is 0 Å². The fourth-order valence-electron chi connectivity index (χ4n) is 3.12. The van der Waals surface area contributed by atoms with Gasteiger partial charge in [-0.05, 0) is 33.5 Å². The Hall–Kier alpha value is -0.570. The van der Waals surface area contributed by atoms with Crippen LogP contribution in [0.1, 0.15) is 103 Å². The first kappa shape index (κ1) is 23.4. The molecule has 0 N–H and O–H groups in total. The number of hydrogen-bond donors (Lipinski definition) is 0. The summed E-state index contributed by atoms with van der Waals surface area (Å²) in [5.74, 6) is 0. The Kier molecular flexibility index (Phi) is 20.0. The van der Waals surface area contributed by atoms with Crippen molar-refractivity contribution in [1.82, 2.24) is 4.90 Å². The maximum Gasteiger partial charge on any atom is 0.417 e. The van der Waals surface area contributed by atoms with Crippen molar-refractivity contribution in [2.75, 3.05) is 27.2 Å². The van der Waals surface area contributed by atoms with Gasteiger partial charge in [0.25, 0.3) is 0 Å². The van der Waals surface area contributed by atoms with Crippen molar-refractivity contribution in [2.24, 2.45) is 0 Å². The Morgan fingerprint density at radius 2 is 0.917 bits per heavy atom. The van der Waals surface area contributed by atoms with Crippen molar-refractivity contribution in [3.63, 3.8) is 0 Å². The van der Waals surface area contributed by atoms with E-state index in [4.69, 9.17) is 0 Å². The molecular weight excluding hydrogens is 298 g/mol. The van der Waals surface area contributed by atoms with Gasteiger partial charge >= 0.3 is 6.47 Å². The van der Waals surface area contributed by atoms with Crippen LogP contribution in [0, 0.1) is 0 Å². The molecule has 0 bridgehead atoms. The first-order chi connectivity index (χ1) is 11.8. The van der Waals surface area contributed by atoms with Gasteiger partial charge in [0.15, 0.2) is 0 Å². The molecule has 0 saturated heterocycles. The van der Waals surface area contributed by atoms with Crippen molar-refractivity contribution in [2.45, 2.75) is 103 Å². The molecule has 3 nitrogen and oxygen atoms in total. The lowest BCUT2D eigenvalue weighted by Gasteiger charge is -2.08. The highest BCUT2D eigenvalue weighted by atomic mass is 16.5. The highest BCUT2D eigenvalue weighted by Crippen LogP contribution is 2.13. The molecule has 0 aliphatic heterocycles. The van der Waals surface area contributed by atoms with Crippen molar-refractivity contribution in [3.8, 4) is 0 Å². The van der Waals surface area contributed by atoms with Crippen LogP contribution in [-0.2, 0) is 9.53 Å². The quantitative estimate of drug-likeness (QED) is 0.259. The molecule has 0 fully saturated rings. The number of ether oxygens (including phenoxy) is 1. The number of carbonyl (C=O) groups excluding carboxylic acids is 1. The number of hydrogen-bond acceptors (Lipinski definition) is 3. The Morgan fingerprint density at radius 3 is 1.25 bits per heavy atom. The second kappa shape index (κ2) is 20.5. The Balaban J connectivity index is 2.97. The summed E-state index contributed by atoms with van der Waals surface area (Å²) >= 11 is 0. The summed E-state index contributed by atoms with van der Waals surface area (Å²) in [6.07, 6.45) is 21.7. The summed E-state index contributed by atoms with van der Waals surface area (Å²) in [6, 6.07) is 0. The van der Waals surface area contributed by atoms with Crippen molar-refractivity contribution >= 4 is 6.47 Å². The highest BCUT2D eigenvalue weighted by molar-refractivity contribution is 5.37. The van der Waals surface area contributed by atoms with Crippen LogP contribution in [0.5, 0.6) is 0 Å². The van der Waals surface area contributed by atoms with E-state index in [2.05, 4.69) is 23.7 Å². The summed E-state index contributed by atoms with van der Waals surface area (Å²) in [4.78, 5) is 12.1. The SMILES string of the molecule is CN(C)CCCCCCCCCCCCCCCCCCO[C]=O. The van der Waals surface area contributed by atoms with Crippen LogP contribution in [0.15, 0.2) is 0 Å². The molecule has 0 heterocycles. The van der Waals surface area contributed by atoms with E-state index < -0.39 is 0 Å². The molecule has 143 valence electrons. The Morgan fingerprint density at radius 1 is 0.583 bits per heavy atom. The lowest BCUT2D eigenvalue weighted by Crippen LogP contribution is -2.12. The molecule has 0 aliphatic carbocycles. The smallest absolute Gasteiger partial charge is 0.417 e. The zero-order valence-corrected chi connectivity index (χ0v) is 16.5. The van der Waals surface area contributed by atoms with E-state index in [0.717, 1.165) is 6.42 Å². The monoisotopic (exact) mass is 340 g/mol. The molecule has 0 aromatic rings. The lowest BCUT2D eigenvalue weighted by molar-refractivity contribution is 0.268. The molecule has 3 heteroatoms. The molecule has 0 spiro atoms. The van der Waals surface area contributed by atoms with E-state index in [1.54, 1.807) is 0 Å². The molecule has 1 radical (unpaired) electrons. The van der Waals surface area contributed by atoms with E-state index in [1.165, 1.54) is 109 Å². The van der Waals surface area contributed by atoms with Gasteiger partial charge in [-0.3, -0.25) is 0 Å². The van der Waals surface area contributed by atoms with E-state index in [0.29, 0.717) is 6.61 Å². The van der Waals surface area contributed by atoms with Gasteiger partial charge in [0.2, 0.25) is 0 Å². The predicted octanol–water partition coefficient (Wildman–Crippen LogP) is 5.87. The van der Waals surface area contributed by atoms with Crippen molar-refractivity contribution < 1.29 is 9.53 Å². The van der Waals surface area contributed by atoms with Gasteiger partial charge in [0, 0.05) is 0 Å². The van der Waals surface area contributed by atoms with Crippen LogP contribution in [0.25, 0.3) is 0 Å². The summed E-state index contributed by atoms with van der Waals surface area (Å²) in [5.41, 5.74) is 0. The second-order valence-electron chi connectivity index (χ2n) is 7.39. The minimum absolute atomic E-state index is 0.541. The van der Waals surface area contributed by atoms with Crippen LogP contribution in [-0.4, -0.2) is 38.6 Å². The lowest BCUT2D eigenvalue weighted by atomic mass is 10.0. The van der Waals surface area contributed by atoms with Gasteiger partial charge in [-0.15, -0.1) is 0 Å². The molecule has 24 heavy (non-hydrogen) atoms. The van der Waals surface area contributed by atoms with Crippen LogP contribution in [0.3, 0.4) is 0 Å². The van der Waals surface area contributed by atoms with Gasteiger partial charge in [-0.1, -0.05) is 89.9 Å². The molecule has 0 amide bonds. The molecule has 0 rings (SSSR count). The third-order valence-corrected chi connectivity index (χ3v) is 4.66. The first-order valence-corrected chi connectivity index (χ1v) is 10.4. The largest absolute Gasteiger partial charge is 0.457 e. The van der Waals surface area contributed by atoms with Crippen molar-refractivity contribution in [1.29, 1.82) is 0 Å². The van der Waals surface area contributed by atoms with Gasteiger partial charge < -0.3 is 9.64 Å². The van der Waals surface area contributed by atoms with Crippen molar-refractivity contribution in [3.05, 3.63) is 0 Å². The second-order valence-corrected chi connectivity index (χ2v) is 7.39.